The van der Waals surface area contributed by atoms with Crippen molar-refractivity contribution in [3.8, 4) is 5.75 Å². The summed E-state index contributed by atoms with van der Waals surface area (Å²) in [7, 11) is 0. The molecule has 0 aromatic heterocycles. The second-order valence-corrected chi connectivity index (χ2v) is 6.86. The van der Waals surface area contributed by atoms with Crippen LogP contribution in [0.15, 0.2) is 23.2 Å². The van der Waals surface area contributed by atoms with Gasteiger partial charge < -0.3 is 20.3 Å². The molecule has 0 saturated carbocycles. The maximum Gasteiger partial charge on any atom is 0.387 e. The van der Waals surface area contributed by atoms with Gasteiger partial charge in [0.15, 0.2) is 5.96 Å². The summed E-state index contributed by atoms with van der Waals surface area (Å²) >= 11 is 0. The van der Waals surface area contributed by atoms with Crippen molar-refractivity contribution in [3.05, 3.63) is 29.6 Å². The number of nitrogens with zero attached hydrogens (tertiary/aromatic N) is 2. The van der Waals surface area contributed by atoms with Gasteiger partial charge in [-0.3, -0.25) is 4.79 Å². The molecule has 6 nitrogen and oxygen atoms in total. The average molecular weight is 528 g/mol. The number of hydrogen-bond acceptors (Lipinski definition) is 3. The molecule has 1 aromatic rings. The summed E-state index contributed by atoms with van der Waals surface area (Å²) in [5, 5.41) is 6.27. The molecule has 1 fully saturated rings. The minimum absolute atomic E-state index is 0. The van der Waals surface area contributed by atoms with Gasteiger partial charge in [0, 0.05) is 31.6 Å². The lowest BCUT2D eigenvalue weighted by Gasteiger charge is -2.20. The lowest BCUT2D eigenvalue weighted by molar-refractivity contribution is -0.133. The van der Waals surface area contributed by atoms with E-state index >= 15 is 0 Å². The van der Waals surface area contributed by atoms with Gasteiger partial charge in [0.05, 0.1) is 12.1 Å². The van der Waals surface area contributed by atoms with Gasteiger partial charge in [0.25, 0.3) is 0 Å². The summed E-state index contributed by atoms with van der Waals surface area (Å²) in [6.45, 7) is 4.20. The number of hydrogen-bond donors (Lipinski definition) is 2. The first-order valence-electron chi connectivity index (χ1n) is 9.37. The zero-order valence-corrected chi connectivity index (χ0v) is 19.1. The van der Waals surface area contributed by atoms with Crippen LogP contribution < -0.4 is 15.4 Å². The number of rotatable bonds is 7. The van der Waals surface area contributed by atoms with Crippen LogP contribution in [0.2, 0.25) is 0 Å². The van der Waals surface area contributed by atoms with E-state index in [1.54, 1.807) is 4.90 Å². The minimum Gasteiger partial charge on any atom is -0.434 e. The lowest BCUT2D eigenvalue weighted by Crippen LogP contribution is -2.45. The first kappa shape index (κ1) is 25.3. The molecule has 10 heteroatoms. The highest BCUT2D eigenvalue weighted by atomic mass is 127. The molecule has 29 heavy (non-hydrogen) atoms. The highest BCUT2D eigenvalue weighted by Crippen LogP contribution is 2.24. The molecular weight excluding hydrogens is 500 g/mol. The fraction of sp³-hybridized carbons (Fsp3) is 0.579. The molecule has 1 amide bonds. The number of aliphatic imine (C=N–C) groups is 1. The Kier molecular flexibility index (Phi) is 10.5. The number of nitrogens with one attached hydrogen (secondary N) is 2. The van der Waals surface area contributed by atoms with Crippen molar-refractivity contribution in [2.24, 2.45) is 10.9 Å². The second kappa shape index (κ2) is 12.1. The van der Waals surface area contributed by atoms with E-state index in [1.807, 2.05) is 20.8 Å². The smallest absolute Gasteiger partial charge is 0.387 e. The zero-order chi connectivity index (χ0) is 20.7. The third kappa shape index (κ3) is 7.56. The number of ether oxygens (including phenoxy) is 1. The summed E-state index contributed by atoms with van der Waals surface area (Å²) in [6, 6.07) is 3.78. The molecule has 1 saturated heterocycles. The third-order valence-electron chi connectivity index (χ3n) is 4.37. The molecule has 1 unspecified atom stereocenters. The normalized spacial score (nSPS) is 16.8. The summed E-state index contributed by atoms with van der Waals surface area (Å²) in [6.07, 6.45) is 0.766. The number of halogens is 4. The van der Waals surface area contributed by atoms with Crippen molar-refractivity contribution in [1.82, 2.24) is 15.5 Å². The Morgan fingerprint density at radius 1 is 1.38 bits per heavy atom. The fourth-order valence-corrected chi connectivity index (χ4v) is 3.01. The number of carbonyl (C=O) groups excluding carboxylic acids is 1. The summed E-state index contributed by atoms with van der Waals surface area (Å²) in [5.41, 5.74) is -0.0389. The Balaban J connectivity index is 0.00000420. The van der Waals surface area contributed by atoms with Crippen molar-refractivity contribution < 1.29 is 22.7 Å². The zero-order valence-electron chi connectivity index (χ0n) is 16.8. The van der Waals surface area contributed by atoms with Crippen molar-refractivity contribution >= 4 is 35.8 Å². The number of benzene rings is 1. The molecule has 0 spiro atoms. The SMILES string of the molecule is CCNC(=NCc1c(F)cccc1OC(F)F)NC1CCN(C(=O)C(C)C)C1.I. The second-order valence-electron chi connectivity index (χ2n) is 6.86. The van der Waals surface area contributed by atoms with Crippen LogP contribution in [0, 0.1) is 11.7 Å². The number of likely N-dealkylation sites (tertiary alicyclic amines) is 1. The van der Waals surface area contributed by atoms with Crippen LogP contribution in [0.1, 0.15) is 32.8 Å². The summed E-state index contributed by atoms with van der Waals surface area (Å²) < 4.78 is 43.6. The first-order valence-corrected chi connectivity index (χ1v) is 9.37. The molecule has 1 aromatic carbocycles. The number of amides is 1. The van der Waals surface area contributed by atoms with Crippen LogP contribution in [0.3, 0.4) is 0 Å². The predicted octanol–water partition coefficient (Wildman–Crippen LogP) is 3.36. The lowest BCUT2D eigenvalue weighted by atomic mass is 10.2. The fourth-order valence-electron chi connectivity index (χ4n) is 3.01. The minimum atomic E-state index is -3.04. The Labute approximate surface area is 186 Å². The highest BCUT2D eigenvalue weighted by Gasteiger charge is 2.28. The van der Waals surface area contributed by atoms with Crippen molar-refractivity contribution in [2.45, 2.75) is 46.4 Å². The molecule has 164 valence electrons. The van der Waals surface area contributed by atoms with E-state index in [1.165, 1.54) is 18.2 Å². The molecule has 0 radical (unpaired) electrons. The Morgan fingerprint density at radius 2 is 2.10 bits per heavy atom. The Hall–Kier alpha value is -1.72. The maximum absolute atomic E-state index is 14.1. The number of guanidine groups is 1. The van der Waals surface area contributed by atoms with E-state index in [9.17, 15) is 18.0 Å². The molecule has 0 bridgehead atoms. The molecular formula is C19H28F3IN4O2. The van der Waals surface area contributed by atoms with Crippen LogP contribution in [0.4, 0.5) is 13.2 Å². The van der Waals surface area contributed by atoms with Gasteiger partial charge in [-0.1, -0.05) is 19.9 Å². The van der Waals surface area contributed by atoms with Crippen LogP contribution in [0.25, 0.3) is 0 Å². The first-order chi connectivity index (χ1) is 13.3. The molecule has 2 rings (SSSR count). The van der Waals surface area contributed by atoms with Crippen LogP contribution in [0.5, 0.6) is 5.75 Å². The van der Waals surface area contributed by atoms with E-state index in [4.69, 9.17) is 0 Å². The van der Waals surface area contributed by atoms with Gasteiger partial charge in [-0.2, -0.15) is 8.78 Å². The average Bonchev–Trinajstić information content (AvgIpc) is 3.08. The Bertz CT molecular complexity index is 704. The van der Waals surface area contributed by atoms with Crippen LogP contribution >= 0.6 is 24.0 Å². The number of carbonyl (C=O) groups is 1. The van der Waals surface area contributed by atoms with Gasteiger partial charge in [-0.05, 0) is 25.5 Å². The highest BCUT2D eigenvalue weighted by molar-refractivity contribution is 14.0. The van der Waals surface area contributed by atoms with Gasteiger partial charge in [-0.25, -0.2) is 9.38 Å². The van der Waals surface area contributed by atoms with Crippen molar-refractivity contribution in [3.63, 3.8) is 0 Å². The van der Waals surface area contributed by atoms with Crippen LogP contribution in [-0.4, -0.2) is 49.1 Å². The van der Waals surface area contributed by atoms with Gasteiger partial charge >= 0.3 is 6.61 Å². The topological polar surface area (TPSA) is 66.0 Å². The largest absolute Gasteiger partial charge is 0.434 e. The molecule has 1 heterocycles. The van der Waals surface area contributed by atoms with E-state index in [2.05, 4.69) is 20.4 Å². The summed E-state index contributed by atoms with van der Waals surface area (Å²) in [4.78, 5) is 18.2. The molecule has 2 N–H and O–H groups in total. The van der Waals surface area contributed by atoms with Crippen molar-refractivity contribution in [1.29, 1.82) is 0 Å². The summed E-state index contributed by atoms with van der Waals surface area (Å²) in [5.74, 6) is -0.421. The monoisotopic (exact) mass is 528 g/mol. The van der Waals surface area contributed by atoms with Crippen molar-refractivity contribution in [2.75, 3.05) is 19.6 Å². The maximum atomic E-state index is 14.1. The van der Waals surface area contributed by atoms with Gasteiger partial charge in [0.2, 0.25) is 5.91 Å². The van der Waals surface area contributed by atoms with E-state index in [0.717, 1.165) is 6.42 Å². The Morgan fingerprint density at radius 3 is 2.72 bits per heavy atom. The van der Waals surface area contributed by atoms with E-state index in [0.29, 0.717) is 25.6 Å². The molecule has 0 aliphatic carbocycles. The van der Waals surface area contributed by atoms with Gasteiger partial charge in [-0.15, -0.1) is 24.0 Å². The van der Waals surface area contributed by atoms with E-state index in [-0.39, 0.29) is 59.7 Å². The quantitative estimate of drug-likeness (QED) is 0.324. The van der Waals surface area contributed by atoms with Crippen LogP contribution in [-0.2, 0) is 11.3 Å². The predicted molar refractivity (Wildman–Crippen MR) is 116 cm³/mol. The third-order valence-corrected chi connectivity index (χ3v) is 4.37. The standard InChI is InChI=1S/C19H27F3N4O2.HI/c1-4-23-19(25-13-8-9-26(11-13)17(27)12(2)3)24-10-14-15(20)6-5-7-16(14)28-18(21)22;/h5-7,12-13,18H,4,8-11H2,1-3H3,(H2,23,24,25);1H. The molecule has 1 atom stereocenters. The van der Waals surface area contributed by atoms with E-state index < -0.39 is 12.4 Å². The molecule has 1 aliphatic heterocycles. The van der Waals surface area contributed by atoms with Gasteiger partial charge in [0.1, 0.15) is 11.6 Å². The number of alkyl halides is 2. The molecule has 1 aliphatic rings.